The van der Waals surface area contributed by atoms with Crippen LogP contribution in [0.4, 0.5) is 0 Å². The molecular formula is C9H6S2. The molecule has 54 valence electrons. The average molecular weight is 178 g/mol. The maximum absolute atomic E-state index is 5.16. The molecule has 0 fully saturated rings. The summed E-state index contributed by atoms with van der Waals surface area (Å²) in [5.41, 5.74) is 2.32. The maximum atomic E-state index is 5.16. The number of hydrogen-bond acceptors (Lipinski definition) is 2. The van der Waals surface area contributed by atoms with Gasteiger partial charge in [0.1, 0.15) is 0 Å². The molecule has 0 aliphatic heterocycles. The van der Waals surface area contributed by atoms with Crippen molar-refractivity contribution >= 4 is 34.2 Å². The van der Waals surface area contributed by atoms with Gasteiger partial charge in [0.15, 0.2) is 0 Å². The largest absolute Gasteiger partial charge is 0.0838 e. The van der Waals surface area contributed by atoms with Crippen LogP contribution in [0.25, 0.3) is 0 Å². The summed E-state index contributed by atoms with van der Waals surface area (Å²) in [4.78, 5) is 1.98. The first-order valence-corrected chi connectivity index (χ1v) is 4.26. The van der Waals surface area contributed by atoms with Gasteiger partial charge in [0.25, 0.3) is 0 Å². The van der Waals surface area contributed by atoms with E-state index in [9.17, 15) is 0 Å². The lowest BCUT2D eigenvalue weighted by atomic mass is 10.1. The summed E-state index contributed by atoms with van der Waals surface area (Å²) in [6.45, 7) is 0. The maximum Gasteiger partial charge on any atom is 0.0283 e. The third kappa shape index (κ3) is 1.03. The Balaban J connectivity index is 2.69. The first kappa shape index (κ1) is 7.07. The molecule has 0 unspecified atom stereocenters. The molecule has 0 N–H and O–H groups in total. The number of benzene rings is 1. The molecule has 0 amide bonds. The molecule has 1 aliphatic rings. The average Bonchev–Trinajstić information content (AvgIpc) is 2.30. The van der Waals surface area contributed by atoms with E-state index in [0.717, 1.165) is 27.3 Å². The van der Waals surface area contributed by atoms with Gasteiger partial charge in [-0.25, -0.2) is 0 Å². The topological polar surface area (TPSA) is 0 Å². The van der Waals surface area contributed by atoms with Gasteiger partial charge in [0.2, 0.25) is 0 Å². The Labute approximate surface area is 76.2 Å². The van der Waals surface area contributed by atoms with Crippen LogP contribution in [0.3, 0.4) is 0 Å². The Kier molecular flexibility index (Phi) is 1.59. The van der Waals surface area contributed by atoms with Crippen LogP contribution in [0.15, 0.2) is 24.3 Å². The highest BCUT2D eigenvalue weighted by Gasteiger charge is 2.19. The van der Waals surface area contributed by atoms with E-state index in [-0.39, 0.29) is 0 Å². The second-order valence-corrected chi connectivity index (χ2v) is 3.55. The van der Waals surface area contributed by atoms with Gasteiger partial charge >= 0.3 is 0 Å². The zero-order chi connectivity index (χ0) is 7.84. The first-order chi connectivity index (χ1) is 5.29. The number of thiocarbonyl (C=S) groups is 2. The van der Waals surface area contributed by atoms with Crippen molar-refractivity contribution in [3.8, 4) is 0 Å². The second-order valence-electron chi connectivity index (χ2n) is 2.57. The highest BCUT2D eigenvalue weighted by Crippen LogP contribution is 2.22. The van der Waals surface area contributed by atoms with E-state index >= 15 is 0 Å². The number of rotatable bonds is 0. The van der Waals surface area contributed by atoms with Crippen molar-refractivity contribution in [3.63, 3.8) is 0 Å². The molecular weight excluding hydrogens is 172 g/mol. The summed E-state index contributed by atoms with van der Waals surface area (Å²) in [6, 6.07) is 8.08. The fourth-order valence-electron chi connectivity index (χ4n) is 1.31. The summed E-state index contributed by atoms with van der Waals surface area (Å²) in [6.07, 6.45) is 0.796. The van der Waals surface area contributed by atoms with Crippen LogP contribution in [-0.4, -0.2) is 9.73 Å². The quantitative estimate of drug-likeness (QED) is 0.560. The minimum absolute atomic E-state index is 0.796. The first-order valence-electron chi connectivity index (χ1n) is 3.44. The second kappa shape index (κ2) is 2.47. The van der Waals surface area contributed by atoms with Crippen LogP contribution in [-0.2, 0) is 0 Å². The van der Waals surface area contributed by atoms with Gasteiger partial charge in [-0.05, 0) is 11.1 Å². The van der Waals surface area contributed by atoms with Crippen LogP contribution in [0, 0.1) is 0 Å². The van der Waals surface area contributed by atoms with E-state index in [1.165, 1.54) is 0 Å². The SMILES string of the molecule is S=C1CC(=S)c2ccccc21. The molecule has 0 spiro atoms. The van der Waals surface area contributed by atoms with Gasteiger partial charge in [-0.3, -0.25) is 0 Å². The van der Waals surface area contributed by atoms with E-state index in [2.05, 4.69) is 0 Å². The van der Waals surface area contributed by atoms with Crippen LogP contribution in [0.2, 0.25) is 0 Å². The van der Waals surface area contributed by atoms with Gasteiger partial charge in [-0.2, -0.15) is 0 Å². The zero-order valence-electron chi connectivity index (χ0n) is 5.83. The predicted molar refractivity (Wildman–Crippen MR) is 54.5 cm³/mol. The molecule has 1 aliphatic carbocycles. The Morgan fingerprint density at radius 1 is 0.909 bits per heavy atom. The van der Waals surface area contributed by atoms with Crippen LogP contribution in [0.5, 0.6) is 0 Å². The van der Waals surface area contributed by atoms with Gasteiger partial charge < -0.3 is 0 Å². The summed E-state index contributed by atoms with van der Waals surface area (Å²) in [5.74, 6) is 0. The van der Waals surface area contributed by atoms with Crippen molar-refractivity contribution in [2.24, 2.45) is 0 Å². The third-order valence-electron chi connectivity index (χ3n) is 1.85. The smallest absolute Gasteiger partial charge is 0.0283 e. The van der Waals surface area contributed by atoms with E-state index in [1.807, 2.05) is 24.3 Å². The molecule has 1 aromatic carbocycles. The predicted octanol–water partition coefficient (Wildman–Crippen LogP) is 2.53. The lowest BCUT2D eigenvalue weighted by molar-refractivity contribution is 1.66. The molecule has 11 heavy (non-hydrogen) atoms. The summed E-state index contributed by atoms with van der Waals surface area (Å²) in [5, 5.41) is 0. The molecule has 2 rings (SSSR count). The molecule has 0 atom stereocenters. The minimum Gasteiger partial charge on any atom is -0.0838 e. The van der Waals surface area contributed by atoms with Gasteiger partial charge in [0.05, 0.1) is 0 Å². The lowest BCUT2D eigenvalue weighted by Gasteiger charge is -1.94. The number of hydrogen-bond donors (Lipinski definition) is 0. The Morgan fingerprint density at radius 3 is 1.82 bits per heavy atom. The molecule has 0 aromatic heterocycles. The number of fused-ring (bicyclic) bond motifs is 1. The summed E-state index contributed by atoms with van der Waals surface area (Å²) >= 11 is 10.3. The molecule has 0 radical (unpaired) electrons. The minimum atomic E-state index is 0.796. The van der Waals surface area contributed by atoms with Crippen molar-refractivity contribution in [1.29, 1.82) is 0 Å². The molecule has 0 bridgehead atoms. The standard InChI is InChI=1S/C9H6S2/c10-8-5-9(11)7-4-2-1-3-6(7)8/h1-4H,5H2. The van der Waals surface area contributed by atoms with Gasteiger partial charge in [-0.1, -0.05) is 48.7 Å². The molecule has 0 saturated heterocycles. The highest BCUT2D eigenvalue weighted by molar-refractivity contribution is 7.83. The van der Waals surface area contributed by atoms with Crippen LogP contribution < -0.4 is 0 Å². The monoisotopic (exact) mass is 178 g/mol. The molecule has 0 saturated carbocycles. The van der Waals surface area contributed by atoms with E-state index in [4.69, 9.17) is 24.4 Å². The highest BCUT2D eigenvalue weighted by atomic mass is 32.1. The third-order valence-corrected chi connectivity index (χ3v) is 2.58. The van der Waals surface area contributed by atoms with Gasteiger partial charge in [0, 0.05) is 16.1 Å². The fraction of sp³-hybridized carbons (Fsp3) is 0.111. The van der Waals surface area contributed by atoms with E-state index < -0.39 is 0 Å². The fourth-order valence-corrected chi connectivity index (χ4v) is 2.04. The Morgan fingerprint density at radius 2 is 1.36 bits per heavy atom. The van der Waals surface area contributed by atoms with Crippen LogP contribution in [0.1, 0.15) is 17.5 Å². The zero-order valence-corrected chi connectivity index (χ0v) is 7.47. The van der Waals surface area contributed by atoms with Crippen molar-refractivity contribution < 1.29 is 0 Å². The van der Waals surface area contributed by atoms with Crippen molar-refractivity contribution in [3.05, 3.63) is 35.4 Å². The summed E-state index contributed by atoms with van der Waals surface area (Å²) < 4.78 is 0. The van der Waals surface area contributed by atoms with Gasteiger partial charge in [-0.15, -0.1) is 0 Å². The van der Waals surface area contributed by atoms with Crippen molar-refractivity contribution in [2.75, 3.05) is 0 Å². The van der Waals surface area contributed by atoms with Crippen molar-refractivity contribution in [1.82, 2.24) is 0 Å². The van der Waals surface area contributed by atoms with E-state index in [1.54, 1.807) is 0 Å². The molecule has 0 nitrogen and oxygen atoms in total. The normalized spacial score (nSPS) is 15.3. The summed E-state index contributed by atoms with van der Waals surface area (Å²) in [7, 11) is 0. The lowest BCUT2D eigenvalue weighted by Crippen LogP contribution is -1.87. The Bertz CT molecular complexity index is 306. The molecule has 2 heteroatoms. The van der Waals surface area contributed by atoms with Crippen molar-refractivity contribution in [2.45, 2.75) is 6.42 Å². The van der Waals surface area contributed by atoms with E-state index in [0.29, 0.717) is 0 Å². The molecule has 1 aromatic rings. The Hall–Kier alpha value is -0.600. The van der Waals surface area contributed by atoms with Crippen LogP contribution >= 0.6 is 24.4 Å². The molecule has 0 heterocycles.